The zero-order valence-electron chi connectivity index (χ0n) is 9.38. The molecule has 19 heavy (non-hydrogen) atoms. The van der Waals surface area contributed by atoms with E-state index in [0.29, 0.717) is 10.0 Å². The number of non-ortho nitro benzene ring substituents is 1. The highest BCUT2D eigenvalue weighted by Gasteiger charge is 2.39. The molecule has 0 saturated carbocycles. The lowest BCUT2D eigenvalue weighted by Crippen LogP contribution is -2.38. The van der Waals surface area contributed by atoms with Crippen LogP contribution in [0.4, 0.5) is 23.2 Å². The van der Waals surface area contributed by atoms with Crippen molar-refractivity contribution in [2.45, 2.75) is 18.9 Å². The molecule has 0 saturated heterocycles. The summed E-state index contributed by atoms with van der Waals surface area (Å²) in [7, 11) is 0. The molecule has 0 aliphatic heterocycles. The second kappa shape index (κ2) is 6.29. The molecule has 1 aromatic rings. The van der Waals surface area contributed by atoms with Gasteiger partial charge in [0, 0.05) is 23.2 Å². The average molecular weight is 345 g/mol. The van der Waals surface area contributed by atoms with E-state index >= 15 is 0 Å². The van der Waals surface area contributed by atoms with Crippen molar-refractivity contribution in [2.75, 3.05) is 6.54 Å². The lowest BCUT2D eigenvalue weighted by molar-refractivity contribution is -0.384. The molecular weight excluding hydrogens is 336 g/mol. The number of halogens is 5. The van der Waals surface area contributed by atoms with Gasteiger partial charge in [0.25, 0.3) is 5.69 Å². The van der Waals surface area contributed by atoms with Crippen LogP contribution in [0.2, 0.25) is 0 Å². The minimum Gasteiger partial charge on any atom is -0.307 e. The van der Waals surface area contributed by atoms with Crippen LogP contribution in [-0.4, -0.2) is 23.8 Å². The number of hydrogen-bond donors (Lipinski definition) is 1. The smallest absolute Gasteiger partial charge is 0.307 e. The van der Waals surface area contributed by atoms with E-state index < -0.39 is 23.8 Å². The minimum atomic E-state index is -4.10. The van der Waals surface area contributed by atoms with Crippen molar-refractivity contribution < 1.29 is 22.5 Å². The number of nitro benzene ring substituents is 1. The minimum absolute atomic E-state index is 0.110. The summed E-state index contributed by atoms with van der Waals surface area (Å²) >= 11 is 3.04. The Labute approximate surface area is 114 Å². The summed E-state index contributed by atoms with van der Waals surface area (Å²) in [6.45, 7) is -1.28. The van der Waals surface area contributed by atoms with Gasteiger partial charge < -0.3 is 5.32 Å². The first kappa shape index (κ1) is 15.8. The molecule has 0 bridgehead atoms. The van der Waals surface area contributed by atoms with Gasteiger partial charge >= 0.3 is 12.3 Å². The fourth-order valence-electron chi connectivity index (χ4n) is 1.23. The Bertz CT molecular complexity index is 471. The number of alkyl halides is 4. The maximum Gasteiger partial charge on any atom is 0.319 e. The van der Waals surface area contributed by atoms with E-state index in [1.165, 1.54) is 18.2 Å². The van der Waals surface area contributed by atoms with Crippen LogP contribution in [0.1, 0.15) is 5.56 Å². The van der Waals surface area contributed by atoms with Crippen molar-refractivity contribution in [1.82, 2.24) is 5.32 Å². The molecule has 0 spiro atoms. The van der Waals surface area contributed by atoms with Crippen LogP contribution in [0.25, 0.3) is 0 Å². The largest absolute Gasteiger partial charge is 0.319 e. The maximum atomic E-state index is 12.6. The Kier molecular flexibility index (Phi) is 5.24. The lowest BCUT2D eigenvalue weighted by Gasteiger charge is -2.16. The zero-order valence-corrected chi connectivity index (χ0v) is 11.0. The Morgan fingerprint density at radius 1 is 1.42 bits per heavy atom. The molecule has 106 valence electrons. The zero-order chi connectivity index (χ0) is 14.6. The Balaban J connectivity index is 2.62. The fraction of sp³-hybridized carbons (Fsp3) is 0.400. The van der Waals surface area contributed by atoms with E-state index in [4.69, 9.17) is 0 Å². The average Bonchev–Trinajstić information content (AvgIpc) is 2.30. The summed E-state index contributed by atoms with van der Waals surface area (Å²) in [4.78, 5) is 9.87. The number of nitrogens with one attached hydrogen (secondary N) is 1. The van der Waals surface area contributed by atoms with Crippen LogP contribution in [0.5, 0.6) is 0 Å². The third kappa shape index (κ3) is 4.43. The Morgan fingerprint density at radius 2 is 2.05 bits per heavy atom. The van der Waals surface area contributed by atoms with Crippen molar-refractivity contribution in [2.24, 2.45) is 0 Å². The van der Waals surface area contributed by atoms with Gasteiger partial charge in [0.2, 0.25) is 0 Å². The second-order valence-corrected chi connectivity index (χ2v) is 4.55. The molecule has 0 aliphatic rings. The number of nitrogens with zero attached hydrogens (tertiary/aromatic N) is 1. The van der Waals surface area contributed by atoms with Crippen molar-refractivity contribution in [1.29, 1.82) is 0 Å². The van der Waals surface area contributed by atoms with Gasteiger partial charge in [-0.05, 0) is 11.6 Å². The van der Waals surface area contributed by atoms with Crippen LogP contribution in [0.3, 0.4) is 0 Å². The van der Waals surface area contributed by atoms with Gasteiger partial charge in [-0.2, -0.15) is 8.78 Å². The van der Waals surface area contributed by atoms with Crippen molar-refractivity contribution in [3.63, 3.8) is 0 Å². The molecule has 1 aromatic carbocycles. The topological polar surface area (TPSA) is 55.2 Å². The number of hydrogen-bond acceptors (Lipinski definition) is 3. The Hall–Kier alpha value is -1.22. The summed E-state index contributed by atoms with van der Waals surface area (Å²) in [6.07, 6.45) is -3.74. The van der Waals surface area contributed by atoms with E-state index in [0.717, 1.165) is 0 Å². The van der Waals surface area contributed by atoms with Gasteiger partial charge in [-0.25, -0.2) is 8.78 Å². The quantitative estimate of drug-likeness (QED) is 0.489. The molecule has 0 aromatic heterocycles. The van der Waals surface area contributed by atoms with Crippen LogP contribution in [0.15, 0.2) is 22.7 Å². The summed E-state index contributed by atoms with van der Waals surface area (Å²) in [6, 6.07) is 3.77. The van der Waals surface area contributed by atoms with Crippen molar-refractivity contribution in [3.05, 3.63) is 38.3 Å². The molecule has 0 unspecified atom stereocenters. The molecular formula is C10H9BrF4N2O2. The molecule has 0 fully saturated rings. The van der Waals surface area contributed by atoms with Gasteiger partial charge in [0.15, 0.2) is 0 Å². The number of nitro groups is 1. The third-order valence-corrected chi connectivity index (χ3v) is 2.98. The van der Waals surface area contributed by atoms with Crippen LogP contribution < -0.4 is 5.32 Å². The van der Waals surface area contributed by atoms with E-state index in [-0.39, 0.29) is 12.2 Å². The summed E-state index contributed by atoms with van der Waals surface area (Å²) in [5.41, 5.74) is 0.296. The van der Waals surface area contributed by atoms with E-state index in [1.54, 1.807) is 0 Å². The predicted octanol–water partition coefficient (Wildman–Crippen LogP) is 3.35. The highest BCUT2D eigenvalue weighted by atomic mass is 79.9. The van der Waals surface area contributed by atoms with E-state index in [2.05, 4.69) is 21.2 Å². The molecule has 1 N–H and O–H groups in total. The number of benzene rings is 1. The number of rotatable bonds is 6. The first-order chi connectivity index (χ1) is 8.74. The second-order valence-electron chi connectivity index (χ2n) is 3.70. The van der Waals surface area contributed by atoms with Gasteiger partial charge in [-0.15, -0.1) is 0 Å². The molecule has 0 aliphatic carbocycles. The SMILES string of the molecule is O=[N+]([O-])c1ccc(CNCC(F)(F)C(F)F)c(Br)c1. The van der Waals surface area contributed by atoms with Gasteiger partial charge in [0.05, 0.1) is 11.5 Å². The van der Waals surface area contributed by atoms with Crippen molar-refractivity contribution >= 4 is 21.6 Å². The van der Waals surface area contributed by atoms with Crippen LogP contribution in [0, 0.1) is 10.1 Å². The molecule has 0 amide bonds. The van der Waals surface area contributed by atoms with E-state index in [1.807, 2.05) is 0 Å². The molecule has 0 heterocycles. The standard InChI is InChI=1S/C10H9BrF4N2O2/c11-8-3-7(17(18)19)2-1-6(8)4-16-5-10(14,15)9(12)13/h1-3,9,16H,4-5H2. The highest BCUT2D eigenvalue weighted by molar-refractivity contribution is 9.10. The molecule has 4 nitrogen and oxygen atoms in total. The summed E-state index contributed by atoms with van der Waals surface area (Å²) in [5, 5.41) is 12.7. The van der Waals surface area contributed by atoms with Gasteiger partial charge in [-0.3, -0.25) is 10.1 Å². The normalized spacial score (nSPS) is 11.9. The Morgan fingerprint density at radius 3 is 2.53 bits per heavy atom. The molecule has 9 heteroatoms. The van der Waals surface area contributed by atoms with Crippen molar-refractivity contribution in [3.8, 4) is 0 Å². The van der Waals surface area contributed by atoms with Crippen LogP contribution >= 0.6 is 15.9 Å². The monoisotopic (exact) mass is 344 g/mol. The summed E-state index contributed by atoms with van der Waals surface area (Å²) < 4.78 is 49.3. The first-order valence-corrected chi connectivity index (χ1v) is 5.83. The predicted molar refractivity (Wildman–Crippen MR) is 63.5 cm³/mol. The maximum absolute atomic E-state index is 12.6. The van der Waals surface area contributed by atoms with Gasteiger partial charge in [-0.1, -0.05) is 15.9 Å². The lowest BCUT2D eigenvalue weighted by atomic mass is 10.2. The van der Waals surface area contributed by atoms with Crippen LogP contribution in [-0.2, 0) is 6.54 Å². The molecule has 0 radical (unpaired) electrons. The molecule has 0 atom stereocenters. The molecule has 1 rings (SSSR count). The van der Waals surface area contributed by atoms with E-state index in [9.17, 15) is 27.7 Å². The highest BCUT2D eigenvalue weighted by Crippen LogP contribution is 2.24. The first-order valence-electron chi connectivity index (χ1n) is 5.03. The van der Waals surface area contributed by atoms with Gasteiger partial charge in [0.1, 0.15) is 0 Å². The fourth-order valence-corrected chi connectivity index (χ4v) is 1.74. The third-order valence-electron chi connectivity index (χ3n) is 2.24. The summed E-state index contributed by atoms with van der Waals surface area (Å²) in [5.74, 6) is -4.10.